The predicted molar refractivity (Wildman–Crippen MR) is 134 cm³/mol. The van der Waals surface area contributed by atoms with E-state index in [1.54, 1.807) is 7.11 Å². The van der Waals surface area contributed by atoms with Crippen LogP contribution in [-0.4, -0.2) is 22.9 Å². The molecule has 0 spiro atoms. The van der Waals surface area contributed by atoms with E-state index < -0.39 is 5.92 Å². The Bertz CT molecular complexity index is 1340. The number of aromatic amines is 1. The van der Waals surface area contributed by atoms with Gasteiger partial charge in [0.05, 0.1) is 12.7 Å². The smallest absolute Gasteiger partial charge is 0.257 e. The third kappa shape index (κ3) is 4.28. The fraction of sp³-hybridized carbons (Fsp3) is 0.296. The molecule has 0 bridgehead atoms. The number of carbonyl (C=O) groups excluding carboxylic acids is 1. The summed E-state index contributed by atoms with van der Waals surface area (Å²) in [5.41, 5.74) is 3.61. The molecule has 0 saturated heterocycles. The molecule has 0 amide bonds. The van der Waals surface area contributed by atoms with Crippen LogP contribution in [-0.2, 0) is 10.5 Å². The fourth-order valence-electron chi connectivity index (χ4n) is 4.84. The summed E-state index contributed by atoms with van der Waals surface area (Å²) in [5.74, 6) is 1.48. The SMILES string of the molecule is COc1cccc([C@@H]2C3=C(CC(C)(C)CC3=O)Nc3nc(SCc4ccccc4)[nH]c(=O)c32)c1. The maximum atomic E-state index is 13.4. The second-order valence-electron chi connectivity index (χ2n) is 9.58. The Morgan fingerprint density at radius 3 is 2.65 bits per heavy atom. The molecule has 7 heteroatoms. The van der Waals surface area contributed by atoms with Gasteiger partial charge in [-0.25, -0.2) is 4.98 Å². The lowest BCUT2D eigenvalue weighted by molar-refractivity contribution is -0.118. The lowest BCUT2D eigenvalue weighted by atomic mass is 9.69. The van der Waals surface area contributed by atoms with E-state index in [2.05, 4.69) is 24.1 Å². The minimum absolute atomic E-state index is 0.0687. The zero-order chi connectivity index (χ0) is 23.9. The molecule has 34 heavy (non-hydrogen) atoms. The van der Waals surface area contributed by atoms with Gasteiger partial charge in [0.1, 0.15) is 11.6 Å². The van der Waals surface area contributed by atoms with Crippen LogP contribution in [0.15, 0.2) is 75.8 Å². The average Bonchev–Trinajstić information content (AvgIpc) is 2.81. The first-order chi connectivity index (χ1) is 16.3. The summed E-state index contributed by atoms with van der Waals surface area (Å²) in [5, 5.41) is 3.93. The van der Waals surface area contributed by atoms with Crippen molar-refractivity contribution in [1.29, 1.82) is 0 Å². The van der Waals surface area contributed by atoms with Crippen LogP contribution in [0.25, 0.3) is 0 Å². The number of benzene rings is 2. The van der Waals surface area contributed by atoms with E-state index in [1.807, 2.05) is 54.6 Å². The van der Waals surface area contributed by atoms with Crippen LogP contribution in [0.3, 0.4) is 0 Å². The van der Waals surface area contributed by atoms with Gasteiger partial charge in [0.15, 0.2) is 10.9 Å². The number of hydrogen-bond donors (Lipinski definition) is 2. The second-order valence-corrected chi connectivity index (χ2v) is 10.5. The lowest BCUT2D eigenvalue weighted by Gasteiger charge is -2.38. The first-order valence-electron chi connectivity index (χ1n) is 11.3. The van der Waals surface area contributed by atoms with Gasteiger partial charge < -0.3 is 15.0 Å². The number of nitrogens with one attached hydrogen (secondary N) is 2. The van der Waals surface area contributed by atoms with Crippen LogP contribution in [0, 0.1) is 5.41 Å². The number of methoxy groups -OCH3 is 1. The second kappa shape index (κ2) is 8.80. The monoisotopic (exact) mass is 473 g/mol. The molecule has 2 aromatic carbocycles. The Labute approximate surface area is 202 Å². The third-order valence-electron chi connectivity index (χ3n) is 6.35. The number of Topliss-reactive ketones (excluding diaryl/α,β-unsaturated/α-hetero) is 1. The number of fused-ring (bicyclic) bond motifs is 1. The number of thioether (sulfide) groups is 1. The molecule has 1 aromatic heterocycles. The molecule has 1 aliphatic carbocycles. The first-order valence-corrected chi connectivity index (χ1v) is 12.3. The summed E-state index contributed by atoms with van der Waals surface area (Å²) >= 11 is 1.48. The quantitative estimate of drug-likeness (QED) is 0.388. The van der Waals surface area contributed by atoms with Crippen molar-refractivity contribution in [2.45, 2.75) is 43.5 Å². The molecule has 6 nitrogen and oxygen atoms in total. The van der Waals surface area contributed by atoms with Crippen LogP contribution < -0.4 is 15.6 Å². The summed E-state index contributed by atoms with van der Waals surface area (Å²) in [6, 6.07) is 17.7. The Morgan fingerprint density at radius 1 is 1.09 bits per heavy atom. The molecule has 1 atom stereocenters. The summed E-state index contributed by atoms with van der Waals surface area (Å²) in [6.45, 7) is 4.19. The van der Waals surface area contributed by atoms with Gasteiger partial charge in [-0.2, -0.15) is 0 Å². The van der Waals surface area contributed by atoms with Gasteiger partial charge in [0.25, 0.3) is 5.56 Å². The molecular formula is C27H27N3O3S. The number of aromatic nitrogens is 2. The van der Waals surface area contributed by atoms with Crippen molar-refractivity contribution < 1.29 is 9.53 Å². The Balaban J connectivity index is 1.60. The highest BCUT2D eigenvalue weighted by atomic mass is 32.2. The fourth-order valence-corrected chi connectivity index (χ4v) is 5.66. The topological polar surface area (TPSA) is 84.1 Å². The molecule has 2 N–H and O–H groups in total. The van der Waals surface area contributed by atoms with Crippen molar-refractivity contribution >= 4 is 23.4 Å². The van der Waals surface area contributed by atoms with Crippen LogP contribution in [0.2, 0.25) is 0 Å². The van der Waals surface area contributed by atoms with Gasteiger partial charge in [-0.05, 0) is 35.1 Å². The van der Waals surface area contributed by atoms with Crippen LogP contribution in [0.1, 0.15) is 49.3 Å². The van der Waals surface area contributed by atoms with Gasteiger partial charge in [-0.3, -0.25) is 9.59 Å². The number of H-pyrrole nitrogens is 1. The van der Waals surface area contributed by atoms with Crippen LogP contribution >= 0.6 is 11.8 Å². The zero-order valence-corrected chi connectivity index (χ0v) is 20.3. The first kappa shape index (κ1) is 22.5. The Morgan fingerprint density at radius 2 is 1.88 bits per heavy atom. The van der Waals surface area contributed by atoms with Crippen molar-refractivity contribution in [3.63, 3.8) is 0 Å². The van der Waals surface area contributed by atoms with E-state index in [1.165, 1.54) is 11.8 Å². The Hall–Kier alpha value is -3.32. The average molecular weight is 474 g/mol. The summed E-state index contributed by atoms with van der Waals surface area (Å²) in [7, 11) is 1.61. The van der Waals surface area contributed by atoms with Gasteiger partial charge in [-0.1, -0.05) is 68.1 Å². The molecule has 0 unspecified atom stereocenters. The number of nitrogens with zero attached hydrogens (tertiary/aromatic N) is 1. The Kier molecular flexibility index (Phi) is 5.81. The van der Waals surface area contributed by atoms with Gasteiger partial charge in [-0.15, -0.1) is 0 Å². The molecule has 0 radical (unpaired) electrons. The van der Waals surface area contributed by atoms with E-state index >= 15 is 0 Å². The van der Waals surface area contributed by atoms with Gasteiger partial charge >= 0.3 is 0 Å². The predicted octanol–water partition coefficient (Wildman–Crippen LogP) is 5.27. The van der Waals surface area contributed by atoms with Crippen LogP contribution in [0.5, 0.6) is 5.75 Å². The number of allylic oxidation sites excluding steroid dienone is 2. The molecule has 2 heterocycles. The molecule has 2 aliphatic rings. The number of carbonyl (C=O) groups is 1. The minimum atomic E-state index is -0.491. The maximum Gasteiger partial charge on any atom is 0.257 e. The number of hydrogen-bond acceptors (Lipinski definition) is 6. The van der Waals surface area contributed by atoms with Gasteiger partial charge in [0.2, 0.25) is 0 Å². The van der Waals surface area contributed by atoms with Gasteiger partial charge in [0, 0.05) is 29.4 Å². The molecule has 0 saturated carbocycles. The molecule has 1 aliphatic heterocycles. The molecule has 174 valence electrons. The molecule has 3 aromatic rings. The summed E-state index contributed by atoms with van der Waals surface area (Å²) in [6.07, 6.45) is 1.16. The number of anilines is 1. The third-order valence-corrected chi connectivity index (χ3v) is 7.29. The number of ketones is 1. The van der Waals surface area contributed by atoms with Crippen molar-refractivity contribution in [1.82, 2.24) is 9.97 Å². The normalized spacial score (nSPS) is 18.7. The van der Waals surface area contributed by atoms with E-state index in [0.717, 1.165) is 23.2 Å². The molecular weight excluding hydrogens is 446 g/mol. The standard InChI is InChI=1S/C27H27N3O3S/c1-27(2)13-19-22(20(31)14-27)21(17-10-7-11-18(12-17)33-3)23-24(28-19)29-26(30-25(23)32)34-15-16-8-5-4-6-9-16/h4-12,21H,13-15H2,1-3H3,(H2,28,29,30,32)/t21-/m1/s1. The van der Waals surface area contributed by atoms with Crippen molar-refractivity contribution in [3.8, 4) is 5.75 Å². The molecule has 5 rings (SSSR count). The highest BCUT2D eigenvalue weighted by Gasteiger charge is 2.42. The van der Waals surface area contributed by atoms with E-state index in [0.29, 0.717) is 40.0 Å². The highest BCUT2D eigenvalue weighted by molar-refractivity contribution is 7.98. The van der Waals surface area contributed by atoms with Crippen molar-refractivity contribution in [2.24, 2.45) is 5.41 Å². The van der Waals surface area contributed by atoms with Crippen LogP contribution in [0.4, 0.5) is 5.82 Å². The highest BCUT2D eigenvalue weighted by Crippen LogP contribution is 2.48. The van der Waals surface area contributed by atoms with E-state index in [9.17, 15) is 9.59 Å². The number of ether oxygens (including phenoxy) is 1. The zero-order valence-electron chi connectivity index (χ0n) is 19.5. The minimum Gasteiger partial charge on any atom is -0.497 e. The number of rotatable bonds is 5. The lowest BCUT2D eigenvalue weighted by Crippen LogP contribution is -2.37. The van der Waals surface area contributed by atoms with Crippen molar-refractivity contribution in [2.75, 3.05) is 12.4 Å². The van der Waals surface area contributed by atoms with Crippen molar-refractivity contribution in [3.05, 3.63) is 92.9 Å². The maximum absolute atomic E-state index is 13.4. The summed E-state index contributed by atoms with van der Waals surface area (Å²) < 4.78 is 5.43. The summed E-state index contributed by atoms with van der Waals surface area (Å²) in [4.78, 5) is 34.5. The van der Waals surface area contributed by atoms with E-state index in [-0.39, 0.29) is 16.8 Å². The van der Waals surface area contributed by atoms with E-state index in [4.69, 9.17) is 9.72 Å². The molecule has 0 fully saturated rings. The largest absolute Gasteiger partial charge is 0.497 e.